The highest BCUT2D eigenvalue weighted by atomic mass is 16.5. The molecule has 4 atom stereocenters. The van der Waals surface area contributed by atoms with Gasteiger partial charge in [-0.3, -0.25) is 9.69 Å². The van der Waals surface area contributed by atoms with E-state index >= 15 is 0 Å². The maximum atomic E-state index is 12.5. The third kappa shape index (κ3) is 4.15. The van der Waals surface area contributed by atoms with Crippen molar-refractivity contribution in [3.8, 4) is 0 Å². The highest BCUT2D eigenvalue weighted by Crippen LogP contribution is 2.23. The summed E-state index contributed by atoms with van der Waals surface area (Å²) in [5, 5.41) is 12.8. The minimum absolute atomic E-state index is 0.0173. The average Bonchev–Trinajstić information content (AvgIpc) is 3.02. The van der Waals surface area contributed by atoms with Crippen LogP contribution in [0, 0.1) is 11.8 Å². The average molecular weight is 332 g/mol. The van der Waals surface area contributed by atoms with Gasteiger partial charge in [0.25, 0.3) is 0 Å². The highest BCUT2D eigenvalue weighted by Gasteiger charge is 2.35. The molecule has 0 radical (unpaired) electrons. The van der Waals surface area contributed by atoms with Gasteiger partial charge in [0.15, 0.2) is 0 Å². The molecule has 2 heterocycles. The summed E-state index contributed by atoms with van der Waals surface area (Å²) in [6, 6.07) is 10.4. The predicted octanol–water partition coefficient (Wildman–Crippen LogP) is 1.41. The van der Waals surface area contributed by atoms with Crippen LogP contribution in [0.25, 0.3) is 0 Å². The molecule has 1 aromatic carbocycles. The Morgan fingerprint density at radius 2 is 2.12 bits per heavy atom. The van der Waals surface area contributed by atoms with Crippen molar-refractivity contribution in [3.05, 3.63) is 35.9 Å². The van der Waals surface area contributed by atoms with Gasteiger partial charge in [-0.1, -0.05) is 37.3 Å². The summed E-state index contributed by atoms with van der Waals surface area (Å²) in [7, 11) is 0. The quantitative estimate of drug-likeness (QED) is 0.856. The summed E-state index contributed by atoms with van der Waals surface area (Å²) >= 11 is 0. The first-order chi connectivity index (χ1) is 11.7. The van der Waals surface area contributed by atoms with E-state index in [0.29, 0.717) is 6.61 Å². The zero-order valence-electron chi connectivity index (χ0n) is 14.4. The van der Waals surface area contributed by atoms with Gasteiger partial charge < -0.3 is 15.2 Å². The lowest BCUT2D eigenvalue weighted by atomic mass is 9.91. The normalized spacial score (nSPS) is 31.1. The first-order valence-corrected chi connectivity index (χ1v) is 8.96. The van der Waals surface area contributed by atoms with E-state index in [1.165, 1.54) is 5.56 Å². The number of carbonyl (C=O) groups excluding carboxylic acids is 1. The van der Waals surface area contributed by atoms with E-state index in [9.17, 15) is 9.90 Å². The molecule has 2 saturated heterocycles. The first kappa shape index (κ1) is 17.4. The molecule has 0 bridgehead atoms. The van der Waals surface area contributed by atoms with E-state index in [4.69, 9.17) is 4.74 Å². The van der Waals surface area contributed by atoms with Crippen LogP contribution in [-0.2, 0) is 16.1 Å². The molecule has 5 nitrogen and oxygen atoms in total. The van der Waals surface area contributed by atoms with Crippen molar-refractivity contribution < 1.29 is 14.6 Å². The van der Waals surface area contributed by atoms with Crippen molar-refractivity contribution >= 4 is 5.91 Å². The second-order valence-corrected chi connectivity index (χ2v) is 7.12. The fourth-order valence-corrected chi connectivity index (χ4v) is 3.73. The Bertz CT molecular complexity index is 537. The molecule has 132 valence electrons. The lowest BCUT2D eigenvalue weighted by Crippen LogP contribution is -2.55. The number of hydrogen-bond donors (Lipinski definition) is 2. The molecule has 3 rings (SSSR count). The number of nitrogens with zero attached hydrogens (tertiary/aromatic N) is 1. The van der Waals surface area contributed by atoms with Crippen LogP contribution < -0.4 is 5.32 Å². The van der Waals surface area contributed by atoms with Gasteiger partial charge in [-0.2, -0.15) is 0 Å². The van der Waals surface area contributed by atoms with E-state index in [-0.39, 0.29) is 36.5 Å². The molecular weight excluding hydrogens is 304 g/mol. The van der Waals surface area contributed by atoms with Crippen molar-refractivity contribution in [1.82, 2.24) is 10.2 Å². The zero-order valence-corrected chi connectivity index (χ0v) is 14.4. The number of benzene rings is 1. The Balaban J connectivity index is 1.60. The van der Waals surface area contributed by atoms with Gasteiger partial charge >= 0.3 is 0 Å². The number of ether oxygens (including phenoxy) is 1. The predicted molar refractivity (Wildman–Crippen MR) is 92.4 cm³/mol. The second kappa shape index (κ2) is 8.10. The van der Waals surface area contributed by atoms with Crippen LogP contribution in [0.1, 0.15) is 25.3 Å². The first-order valence-electron chi connectivity index (χ1n) is 8.96. The number of rotatable bonds is 5. The van der Waals surface area contributed by atoms with Gasteiger partial charge in [-0.25, -0.2) is 0 Å². The molecular formula is C19H28N2O3. The molecule has 2 N–H and O–H groups in total. The Morgan fingerprint density at radius 1 is 1.33 bits per heavy atom. The lowest BCUT2D eigenvalue weighted by molar-refractivity contribution is -0.133. The van der Waals surface area contributed by atoms with Crippen LogP contribution in [0.2, 0.25) is 0 Å². The van der Waals surface area contributed by atoms with Crippen molar-refractivity contribution in [2.75, 3.05) is 26.3 Å². The van der Waals surface area contributed by atoms with E-state index in [2.05, 4.69) is 29.3 Å². The molecule has 24 heavy (non-hydrogen) atoms. The molecule has 0 saturated carbocycles. The Hall–Kier alpha value is -1.43. The fraction of sp³-hybridized carbons (Fsp3) is 0.632. The van der Waals surface area contributed by atoms with Gasteiger partial charge in [-0.05, 0) is 30.9 Å². The monoisotopic (exact) mass is 332 g/mol. The molecule has 5 heteroatoms. The van der Waals surface area contributed by atoms with Gasteiger partial charge in [-0.15, -0.1) is 0 Å². The van der Waals surface area contributed by atoms with Crippen LogP contribution in [0.4, 0.5) is 0 Å². The smallest absolute Gasteiger partial charge is 0.249 e. The number of aliphatic hydroxyl groups excluding tert-OH is 1. The number of carbonyl (C=O) groups is 1. The number of nitrogens with one attached hydrogen (secondary N) is 1. The lowest BCUT2D eigenvalue weighted by Gasteiger charge is -2.38. The third-order valence-corrected chi connectivity index (χ3v) is 5.30. The van der Waals surface area contributed by atoms with Crippen LogP contribution >= 0.6 is 0 Å². The Morgan fingerprint density at radius 3 is 2.79 bits per heavy atom. The minimum Gasteiger partial charge on any atom is -0.396 e. The maximum Gasteiger partial charge on any atom is 0.249 e. The summed E-state index contributed by atoms with van der Waals surface area (Å²) < 4.78 is 5.57. The SMILES string of the molecule is CC1CCOC1C(=O)NC1CN(Cc2ccccc2)CCC1CO. The summed E-state index contributed by atoms with van der Waals surface area (Å²) in [6.07, 6.45) is 1.50. The number of hydrogen-bond acceptors (Lipinski definition) is 4. The van der Waals surface area contributed by atoms with Crippen LogP contribution in [-0.4, -0.2) is 54.4 Å². The molecule has 0 spiro atoms. The number of aliphatic hydroxyl groups is 1. The summed E-state index contributed by atoms with van der Waals surface area (Å²) in [4.78, 5) is 14.9. The summed E-state index contributed by atoms with van der Waals surface area (Å²) in [5.41, 5.74) is 1.28. The summed E-state index contributed by atoms with van der Waals surface area (Å²) in [5.74, 6) is 0.365. The molecule has 1 amide bonds. The van der Waals surface area contributed by atoms with Gasteiger partial charge in [0.1, 0.15) is 6.10 Å². The maximum absolute atomic E-state index is 12.5. The molecule has 2 aliphatic heterocycles. The fourth-order valence-electron chi connectivity index (χ4n) is 3.73. The molecule has 2 aliphatic rings. The van der Waals surface area contributed by atoms with Crippen LogP contribution in [0.15, 0.2) is 30.3 Å². The minimum atomic E-state index is -0.339. The van der Waals surface area contributed by atoms with E-state index in [1.54, 1.807) is 0 Å². The van der Waals surface area contributed by atoms with E-state index < -0.39 is 0 Å². The van der Waals surface area contributed by atoms with Gasteiger partial charge in [0.2, 0.25) is 5.91 Å². The number of amides is 1. The van der Waals surface area contributed by atoms with E-state index in [1.807, 2.05) is 18.2 Å². The summed E-state index contributed by atoms with van der Waals surface area (Å²) in [6.45, 7) is 5.43. The molecule has 2 fully saturated rings. The van der Waals surface area contributed by atoms with Crippen molar-refractivity contribution in [1.29, 1.82) is 0 Å². The molecule has 0 aliphatic carbocycles. The molecule has 1 aromatic rings. The number of piperidine rings is 1. The standard InChI is InChI=1S/C19H28N2O3/c1-14-8-10-24-18(14)19(23)20-17-12-21(9-7-16(17)13-22)11-15-5-3-2-4-6-15/h2-6,14,16-18,22H,7-13H2,1H3,(H,20,23). The highest BCUT2D eigenvalue weighted by molar-refractivity contribution is 5.81. The van der Waals surface area contributed by atoms with Crippen LogP contribution in [0.5, 0.6) is 0 Å². The molecule has 0 aromatic heterocycles. The van der Waals surface area contributed by atoms with Crippen molar-refractivity contribution in [2.45, 2.75) is 38.5 Å². The van der Waals surface area contributed by atoms with Crippen LogP contribution in [0.3, 0.4) is 0 Å². The Kier molecular flexibility index (Phi) is 5.87. The van der Waals surface area contributed by atoms with Gasteiger partial charge in [0.05, 0.1) is 0 Å². The van der Waals surface area contributed by atoms with Gasteiger partial charge in [0, 0.05) is 38.3 Å². The second-order valence-electron chi connectivity index (χ2n) is 7.12. The largest absolute Gasteiger partial charge is 0.396 e. The topological polar surface area (TPSA) is 61.8 Å². The van der Waals surface area contributed by atoms with Crippen molar-refractivity contribution in [3.63, 3.8) is 0 Å². The molecule has 4 unspecified atom stereocenters. The zero-order chi connectivity index (χ0) is 16.9. The number of likely N-dealkylation sites (tertiary alicyclic amines) is 1. The van der Waals surface area contributed by atoms with E-state index in [0.717, 1.165) is 32.5 Å². The third-order valence-electron chi connectivity index (χ3n) is 5.30. The van der Waals surface area contributed by atoms with Crippen molar-refractivity contribution in [2.24, 2.45) is 11.8 Å². The Labute approximate surface area is 144 Å².